The molecule has 2 saturated carbocycles. The molecule has 0 atom stereocenters. The molecule has 1 aromatic carbocycles. The van der Waals surface area contributed by atoms with Crippen LogP contribution in [0.5, 0.6) is 0 Å². The van der Waals surface area contributed by atoms with Crippen LogP contribution in [0.15, 0.2) is 18.2 Å². The van der Waals surface area contributed by atoms with Crippen molar-refractivity contribution in [2.24, 2.45) is 5.92 Å². The Hall–Kier alpha value is -2.74. The minimum Gasteiger partial charge on any atom is -0.480 e. The number of rotatable bonds is 7. The van der Waals surface area contributed by atoms with E-state index in [9.17, 15) is 19.2 Å². The van der Waals surface area contributed by atoms with E-state index in [1.165, 1.54) is 19.2 Å². The lowest BCUT2D eigenvalue weighted by molar-refractivity contribution is -0.139. The molecule has 2 fully saturated rings. The molecule has 1 aromatic rings. The summed E-state index contributed by atoms with van der Waals surface area (Å²) in [5.74, 6) is -1.26. The molecule has 4 rings (SSSR count). The van der Waals surface area contributed by atoms with Crippen LogP contribution in [0, 0.1) is 5.92 Å². The summed E-state index contributed by atoms with van der Waals surface area (Å²) in [5.41, 5.74) is 0.917. The van der Waals surface area contributed by atoms with Crippen LogP contribution in [-0.2, 0) is 4.79 Å². The van der Waals surface area contributed by atoms with E-state index in [0.717, 1.165) is 37.1 Å². The Balaban J connectivity index is 1.35. The number of imide groups is 1. The summed E-state index contributed by atoms with van der Waals surface area (Å²) in [5, 5.41) is 12.1. The lowest BCUT2D eigenvalue weighted by Crippen LogP contribution is -2.55. The Bertz CT molecular complexity index is 857. The fourth-order valence-electron chi connectivity index (χ4n) is 3.92. The molecule has 0 radical (unpaired) electrons. The van der Waals surface area contributed by atoms with Crippen LogP contribution < -0.4 is 5.32 Å². The van der Waals surface area contributed by atoms with Gasteiger partial charge in [-0.25, -0.2) is 0 Å². The van der Waals surface area contributed by atoms with Gasteiger partial charge < -0.3 is 10.4 Å². The van der Waals surface area contributed by atoms with E-state index >= 15 is 0 Å². The molecule has 0 saturated heterocycles. The second kappa shape index (κ2) is 7.01. The number of nitrogens with zero attached hydrogens (tertiary/aromatic N) is 2. The van der Waals surface area contributed by atoms with Crippen molar-refractivity contribution < 1.29 is 24.3 Å². The standard InChI is InChI=1S/C20H23N3O5/c1-22-19(27)15-5-4-12(6-16(15)20(22)28)18(26)21-13-7-14(8-13)23(10-17(24)25)9-11-2-3-11/h4-6,11,13-14H,2-3,7-10H2,1H3,(H,21,26)(H,24,25). The largest absolute Gasteiger partial charge is 0.480 e. The number of carbonyl (C=O) groups is 4. The number of hydrogen-bond donors (Lipinski definition) is 2. The fourth-order valence-corrected chi connectivity index (χ4v) is 3.92. The predicted molar refractivity (Wildman–Crippen MR) is 99.1 cm³/mol. The maximum absolute atomic E-state index is 12.5. The Labute approximate surface area is 162 Å². The first-order chi connectivity index (χ1) is 13.3. The number of amides is 3. The zero-order chi connectivity index (χ0) is 20.0. The van der Waals surface area contributed by atoms with Crippen molar-refractivity contribution >= 4 is 23.7 Å². The van der Waals surface area contributed by atoms with Crippen LogP contribution in [-0.4, -0.2) is 70.8 Å². The highest BCUT2D eigenvalue weighted by molar-refractivity contribution is 6.21. The second-order valence-electron chi connectivity index (χ2n) is 7.99. The van der Waals surface area contributed by atoms with Crippen molar-refractivity contribution in [2.75, 3.05) is 20.1 Å². The van der Waals surface area contributed by atoms with Gasteiger partial charge in [0, 0.05) is 31.2 Å². The molecular formula is C20H23N3O5. The normalized spacial score (nSPS) is 23.6. The third-order valence-corrected chi connectivity index (χ3v) is 5.84. The topological polar surface area (TPSA) is 107 Å². The molecule has 0 bridgehead atoms. The average molecular weight is 385 g/mol. The molecule has 3 aliphatic rings. The number of carboxylic acids is 1. The first-order valence-electron chi connectivity index (χ1n) is 9.56. The van der Waals surface area contributed by atoms with E-state index in [0.29, 0.717) is 17.0 Å². The monoisotopic (exact) mass is 385 g/mol. The molecule has 1 heterocycles. The van der Waals surface area contributed by atoms with Gasteiger partial charge in [0.05, 0.1) is 17.7 Å². The van der Waals surface area contributed by atoms with Gasteiger partial charge >= 0.3 is 5.97 Å². The Morgan fingerprint density at radius 2 is 1.86 bits per heavy atom. The summed E-state index contributed by atoms with van der Waals surface area (Å²) in [6.45, 7) is 0.850. The first kappa shape index (κ1) is 18.6. The number of carboxylic acid groups (broad SMARTS) is 1. The summed E-state index contributed by atoms with van der Waals surface area (Å²) < 4.78 is 0. The molecule has 3 amide bonds. The summed E-state index contributed by atoms with van der Waals surface area (Å²) in [4.78, 5) is 50.7. The van der Waals surface area contributed by atoms with Crippen LogP contribution in [0.1, 0.15) is 56.8 Å². The Morgan fingerprint density at radius 1 is 1.18 bits per heavy atom. The van der Waals surface area contributed by atoms with Gasteiger partial charge in [-0.05, 0) is 49.8 Å². The molecule has 0 aromatic heterocycles. The Kier molecular flexibility index (Phi) is 4.66. The molecule has 0 unspecified atom stereocenters. The average Bonchev–Trinajstić information content (AvgIpc) is 3.41. The van der Waals surface area contributed by atoms with Gasteiger partial charge in [-0.3, -0.25) is 29.0 Å². The van der Waals surface area contributed by atoms with Crippen molar-refractivity contribution in [2.45, 2.75) is 37.8 Å². The maximum atomic E-state index is 12.5. The molecule has 2 aliphatic carbocycles. The van der Waals surface area contributed by atoms with Gasteiger partial charge in [0.1, 0.15) is 0 Å². The van der Waals surface area contributed by atoms with Crippen molar-refractivity contribution in [3.05, 3.63) is 34.9 Å². The molecule has 148 valence electrons. The highest BCUT2D eigenvalue weighted by atomic mass is 16.4. The first-order valence-corrected chi connectivity index (χ1v) is 9.56. The highest BCUT2D eigenvalue weighted by Crippen LogP contribution is 2.34. The van der Waals surface area contributed by atoms with Crippen LogP contribution in [0.2, 0.25) is 0 Å². The summed E-state index contributed by atoms with van der Waals surface area (Å²) in [6.07, 6.45) is 3.77. The van der Waals surface area contributed by atoms with Gasteiger partial charge in [0.25, 0.3) is 17.7 Å². The molecular weight excluding hydrogens is 362 g/mol. The van der Waals surface area contributed by atoms with Crippen LogP contribution in [0.25, 0.3) is 0 Å². The molecule has 28 heavy (non-hydrogen) atoms. The van der Waals surface area contributed by atoms with Crippen molar-refractivity contribution in [3.63, 3.8) is 0 Å². The van der Waals surface area contributed by atoms with Crippen LogP contribution >= 0.6 is 0 Å². The zero-order valence-electron chi connectivity index (χ0n) is 15.7. The zero-order valence-corrected chi connectivity index (χ0v) is 15.7. The van der Waals surface area contributed by atoms with E-state index in [1.54, 1.807) is 6.07 Å². The third-order valence-electron chi connectivity index (χ3n) is 5.84. The van der Waals surface area contributed by atoms with Gasteiger partial charge in [-0.2, -0.15) is 0 Å². The predicted octanol–water partition coefficient (Wildman–Crippen LogP) is 0.970. The van der Waals surface area contributed by atoms with E-state index in [-0.39, 0.29) is 36.0 Å². The lowest BCUT2D eigenvalue weighted by atomic mass is 9.85. The smallest absolute Gasteiger partial charge is 0.317 e. The van der Waals surface area contributed by atoms with E-state index in [1.807, 2.05) is 4.90 Å². The summed E-state index contributed by atoms with van der Waals surface area (Å²) in [7, 11) is 1.42. The van der Waals surface area contributed by atoms with Gasteiger partial charge in [0.2, 0.25) is 0 Å². The number of aliphatic carboxylic acids is 1. The van der Waals surface area contributed by atoms with Crippen molar-refractivity contribution in [3.8, 4) is 0 Å². The molecule has 8 heteroatoms. The number of hydrogen-bond acceptors (Lipinski definition) is 5. The maximum Gasteiger partial charge on any atom is 0.317 e. The number of benzene rings is 1. The summed E-state index contributed by atoms with van der Waals surface area (Å²) in [6, 6.07) is 4.70. The minimum atomic E-state index is -0.824. The molecule has 2 N–H and O–H groups in total. The molecule has 8 nitrogen and oxygen atoms in total. The highest BCUT2D eigenvalue weighted by Gasteiger charge is 2.38. The number of fused-ring (bicyclic) bond motifs is 1. The van der Waals surface area contributed by atoms with E-state index < -0.39 is 11.9 Å². The van der Waals surface area contributed by atoms with E-state index in [4.69, 9.17) is 5.11 Å². The molecule has 0 spiro atoms. The summed E-state index contributed by atoms with van der Waals surface area (Å²) >= 11 is 0. The minimum absolute atomic E-state index is 0.0127. The number of carbonyl (C=O) groups excluding carboxylic acids is 3. The van der Waals surface area contributed by atoms with Crippen molar-refractivity contribution in [1.29, 1.82) is 0 Å². The van der Waals surface area contributed by atoms with Gasteiger partial charge in [-0.15, -0.1) is 0 Å². The van der Waals surface area contributed by atoms with Crippen LogP contribution in [0.4, 0.5) is 0 Å². The molecule has 1 aliphatic heterocycles. The van der Waals surface area contributed by atoms with Crippen molar-refractivity contribution in [1.82, 2.24) is 15.1 Å². The van der Waals surface area contributed by atoms with Gasteiger partial charge in [-0.1, -0.05) is 0 Å². The SMILES string of the molecule is CN1C(=O)c2ccc(C(=O)NC3CC(N(CC(=O)O)CC4CC4)C3)cc2C1=O. The van der Waals surface area contributed by atoms with Gasteiger partial charge in [0.15, 0.2) is 0 Å². The lowest BCUT2D eigenvalue weighted by Gasteiger charge is -2.42. The Morgan fingerprint density at radius 3 is 2.50 bits per heavy atom. The number of nitrogens with one attached hydrogen (secondary N) is 1. The quantitative estimate of drug-likeness (QED) is 0.678. The fraction of sp³-hybridized carbons (Fsp3) is 0.500. The van der Waals surface area contributed by atoms with Crippen LogP contribution in [0.3, 0.4) is 0 Å². The third kappa shape index (κ3) is 3.52. The second-order valence-corrected chi connectivity index (χ2v) is 7.99. The van der Waals surface area contributed by atoms with E-state index in [2.05, 4.69) is 5.32 Å².